The molecule has 0 atom stereocenters. The van der Waals surface area contributed by atoms with Crippen LogP contribution in [-0.4, -0.2) is 37.7 Å². The normalized spacial score (nSPS) is 16.1. The van der Waals surface area contributed by atoms with E-state index >= 15 is 0 Å². The highest BCUT2D eigenvalue weighted by Crippen LogP contribution is 2.31. The van der Waals surface area contributed by atoms with Gasteiger partial charge < -0.3 is 10.4 Å². The van der Waals surface area contributed by atoms with Crippen LogP contribution in [0.3, 0.4) is 0 Å². The maximum atomic E-state index is 12.8. The molecular weight excluding hydrogens is 352 g/mol. The topological polar surface area (TPSA) is 80.0 Å². The molecule has 6 nitrogen and oxygen atoms in total. The molecule has 134 valence electrons. The number of hydrogen-bond donors (Lipinski definition) is 2. The lowest BCUT2D eigenvalue weighted by Gasteiger charge is -2.22. The zero-order chi connectivity index (χ0) is 18.1. The van der Waals surface area contributed by atoms with Crippen LogP contribution in [-0.2, 0) is 0 Å². The van der Waals surface area contributed by atoms with Gasteiger partial charge in [0.25, 0.3) is 5.91 Å². The number of benzene rings is 1. The molecule has 2 aromatic heterocycles. The number of nitrogens with zero attached hydrogens (tertiary/aromatic N) is 3. The van der Waals surface area contributed by atoms with E-state index in [2.05, 4.69) is 15.3 Å². The van der Waals surface area contributed by atoms with Gasteiger partial charge >= 0.3 is 0 Å². The van der Waals surface area contributed by atoms with Crippen LogP contribution in [0.1, 0.15) is 36.0 Å². The van der Waals surface area contributed by atoms with E-state index in [-0.39, 0.29) is 12.5 Å². The second-order valence-electron chi connectivity index (χ2n) is 6.71. The molecule has 0 saturated heterocycles. The Morgan fingerprint density at radius 3 is 2.69 bits per heavy atom. The SMILES string of the molecule is O=C(NCC1(O)CCCC1)c1cn(-c2ncccn2)c2cccc(Cl)c12. The van der Waals surface area contributed by atoms with Crippen LogP contribution in [0.25, 0.3) is 16.9 Å². The highest BCUT2D eigenvalue weighted by Gasteiger charge is 2.31. The van der Waals surface area contributed by atoms with Crippen molar-refractivity contribution in [2.24, 2.45) is 0 Å². The minimum Gasteiger partial charge on any atom is -0.388 e. The molecule has 4 rings (SSSR count). The van der Waals surface area contributed by atoms with Crippen LogP contribution in [0.15, 0.2) is 42.9 Å². The Morgan fingerprint density at radius 2 is 1.96 bits per heavy atom. The summed E-state index contributed by atoms with van der Waals surface area (Å²) >= 11 is 6.38. The fourth-order valence-electron chi connectivity index (χ4n) is 3.55. The van der Waals surface area contributed by atoms with E-state index in [1.54, 1.807) is 35.3 Å². The van der Waals surface area contributed by atoms with E-state index in [0.717, 1.165) is 18.4 Å². The van der Waals surface area contributed by atoms with Gasteiger partial charge in [-0.05, 0) is 31.0 Å². The van der Waals surface area contributed by atoms with Crippen molar-refractivity contribution in [2.45, 2.75) is 31.3 Å². The zero-order valence-corrected chi connectivity index (χ0v) is 14.9. The number of carbonyl (C=O) groups is 1. The molecule has 1 aromatic carbocycles. The summed E-state index contributed by atoms with van der Waals surface area (Å²) in [6.07, 6.45) is 8.40. The van der Waals surface area contributed by atoms with Crippen molar-refractivity contribution in [3.8, 4) is 5.95 Å². The molecule has 7 heteroatoms. The van der Waals surface area contributed by atoms with Gasteiger partial charge in [0.2, 0.25) is 5.95 Å². The third kappa shape index (κ3) is 3.06. The Morgan fingerprint density at radius 1 is 1.23 bits per heavy atom. The number of nitrogens with one attached hydrogen (secondary N) is 1. The van der Waals surface area contributed by atoms with Crippen LogP contribution in [0.4, 0.5) is 0 Å². The van der Waals surface area contributed by atoms with Gasteiger partial charge in [0, 0.05) is 30.5 Å². The van der Waals surface area contributed by atoms with Crippen molar-refractivity contribution < 1.29 is 9.90 Å². The minimum atomic E-state index is -0.805. The number of rotatable bonds is 4. The standard InChI is InChI=1S/C19H19ClN4O2/c20-14-5-3-6-15-16(14)13(11-24(15)18-21-9-4-10-22-18)17(25)23-12-19(26)7-1-2-8-19/h3-6,9-11,26H,1-2,7-8,12H2,(H,23,25). The average molecular weight is 371 g/mol. The van der Waals surface area contributed by atoms with Gasteiger partial charge in [0.05, 0.1) is 21.7 Å². The summed E-state index contributed by atoms with van der Waals surface area (Å²) in [6.45, 7) is 0.241. The van der Waals surface area contributed by atoms with Crippen molar-refractivity contribution in [2.75, 3.05) is 6.54 Å². The average Bonchev–Trinajstić information content (AvgIpc) is 3.26. The number of aromatic nitrogens is 3. The first kappa shape index (κ1) is 17.0. The van der Waals surface area contributed by atoms with Crippen LogP contribution in [0.2, 0.25) is 5.02 Å². The monoisotopic (exact) mass is 370 g/mol. The molecular formula is C19H19ClN4O2. The number of fused-ring (bicyclic) bond motifs is 1. The highest BCUT2D eigenvalue weighted by atomic mass is 35.5. The van der Waals surface area contributed by atoms with Crippen molar-refractivity contribution in [1.29, 1.82) is 0 Å². The summed E-state index contributed by atoms with van der Waals surface area (Å²) < 4.78 is 1.75. The molecule has 26 heavy (non-hydrogen) atoms. The summed E-state index contributed by atoms with van der Waals surface area (Å²) in [5, 5.41) is 14.5. The highest BCUT2D eigenvalue weighted by molar-refractivity contribution is 6.37. The van der Waals surface area contributed by atoms with Crippen molar-refractivity contribution in [3.63, 3.8) is 0 Å². The number of amides is 1. The molecule has 0 unspecified atom stereocenters. The number of aliphatic hydroxyl groups is 1. The van der Waals surface area contributed by atoms with E-state index in [4.69, 9.17) is 11.6 Å². The molecule has 0 spiro atoms. The lowest BCUT2D eigenvalue weighted by Crippen LogP contribution is -2.40. The van der Waals surface area contributed by atoms with E-state index in [1.165, 1.54) is 0 Å². The summed E-state index contributed by atoms with van der Waals surface area (Å²) in [5.41, 5.74) is 0.397. The van der Waals surface area contributed by atoms with Gasteiger partial charge in [-0.1, -0.05) is 30.5 Å². The Kier molecular flexibility index (Phi) is 4.38. The van der Waals surface area contributed by atoms with Gasteiger partial charge in [-0.25, -0.2) is 9.97 Å². The number of hydrogen-bond acceptors (Lipinski definition) is 4. The second-order valence-corrected chi connectivity index (χ2v) is 7.12. The van der Waals surface area contributed by atoms with Crippen molar-refractivity contribution >= 4 is 28.4 Å². The Bertz CT molecular complexity index is 949. The Labute approximate surface area is 155 Å². The molecule has 1 amide bonds. The first-order valence-corrected chi connectivity index (χ1v) is 9.03. The molecule has 0 aliphatic heterocycles. The maximum absolute atomic E-state index is 12.8. The fourth-order valence-corrected chi connectivity index (χ4v) is 3.82. The van der Waals surface area contributed by atoms with Crippen LogP contribution >= 0.6 is 11.6 Å². The molecule has 0 bridgehead atoms. The summed E-state index contributed by atoms with van der Waals surface area (Å²) in [6, 6.07) is 7.19. The molecule has 2 N–H and O–H groups in total. The predicted molar refractivity (Wildman–Crippen MR) is 99.6 cm³/mol. The minimum absolute atomic E-state index is 0.241. The molecule has 2 heterocycles. The Hall–Kier alpha value is -2.44. The van der Waals surface area contributed by atoms with Gasteiger partial charge in [-0.3, -0.25) is 9.36 Å². The van der Waals surface area contributed by atoms with E-state index in [9.17, 15) is 9.90 Å². The fraction of sp³-hybridized carbons (Fsp3) is 0.316. The molecule has 1 saturated carbocycles. The van der Waals surface area contributed by atoms with Gasteiger partial charge in [-0.15, -0.1) is 0 Å². The quantitative estimate of drug-likeness (QED) is 0.739. The smallest absolute Gasteiger partial charge is 0.253 e. The largest absolute Gasteiger partial charge is 0.388 e. The first-order valence-electron chi connectivity index (χ1n) is 8.65. The lowest BCUT2D eigenvalue weighted by atomic mass is 10.0. The third-order valence-electron chi connectivity index (χ3n) is 4.90. The van der Waals surface area contributed by atoms with Crippen LogP contribution in [0.5, 0.6) is 0 Å². The maximum Gasteiger partial charge on any atom is 0.253 e. The van der Waals surface area contributed by atoms with Crippen molar-refractivity contribution in [3.05, 3.63) is 53.4 Å². The number of halogens is 1. The van der Waals surface area contributed by atoms with Crippen LogP contribution < -0.4 is 5.32 Å². The summed E-state index contributed by atoms with van der Waals surface area (Å²) in [4.78, 5) is 21.3. The second kappa shape index (κ2) is 6.70. The molecule has 0 radical (unpaired) electrons. The molecule has 1 fully saturated rings. The lowest BCUT2D eigenvalue weighted by molar-refractivity contribution is 0.0450. The Balaban J connectivity index is 1.71. The van der Waals surface area contributed by atoms with Crippen LogP contribution in [0, 0.1) is 0 Å². The van der Waals surface area contributed by atoms with E-state index < -0.39 is 5.60 Å². The van der Waals surface area contributed by atoms with Gasteiger partial charge in [-0.2, -0.15) is 0 Å². The first-order chi connectivity index (χ1) is 12.6. The predicted octanol–water partition coefficient (Wildman–Crippen LogP) is 3.11. The number of carbonyl (C=O) groups excluding carboxylic acids is 1. The summed E-state index contributed by atoms with van der Waals surface area (Å²) in [5.74, 6) is 0.200. The molecule has 1 aliphatic rings. The van der Waals surface area contributed by atoms with Crippen molar-refractivity contribution in [1.82, 2.24) is 19.9 Å². The third-order valence-corrected chi connectivity index (χ3v) is 5.22. The van der Waals surface area contributed by atoms with Gasteiger partial charge in [0.1, 0.15) is 0 Å². The van der Waals surface area contributed by atoms with E-state index in [1.807, 2.05) is 12.1 Å². The zero-order valence-electron chi connectivity index (χ0n) is 14.2. The van der Waals surface area contributed by atoms with E-state index in [0.29, 0.717) is 34.8 Å². The molecule has 1 aliphatic carbocycles. The summed E-state index contributed by atoms with van der Waals surface area (Å²) in [7, 11) is 0. The molecule has 3 aromatic rings. The van der Waals surface area contributed by atoms with Gasteiger partial charge in [0.15, 0.2) is 0 Å².